The van der Waals surface area contributed by atoms with E-state index in [1.165, 1.54) is 17.3 Å². The van der Waals surface area contributed by atoms with E-state index in [0.29, 0.717) is 12.5 Å². The molecular weight excluding hydrogens is 280 g/mol. The van der Waals surface area contributed by atoms with Crippen LogP contribution in [0.25, 0.3) is 10.9 Å². The van der Waals surface area contributed by atoms with Gasteiger partial charge >= 0.3 is 0 Å². The van der Waals surface area contributed by atoms with Crippen molar-refractivity contribution in [3.05, 3.63) is 59.7 Å². The maximum Gasteiger partial charge on any atom is 0.225 e. The van der Waals surface area contributed by atoms with Gasteiger partial charge in [-0.3, -0.25) is 0 Å². The van der Waals surface area contributed by atoms with Gasteiger partial charge in [-0.1, -0.05) is 53.7 Å². The largest absolute Gasteiger partial charge is 0.472 e. The second-order valence-corrected chi connectivity index (χ2v) is 5.58. The van der Waals surface area contributed by atoms with E-state index in [-0.39, 0.29) is 0 Å². The molecule has 3 nitrogen and oxygen atoms in total. The van der Waals surface area contributed by atoms with Crippen molar-refractivity contribution in [3.63, 3.8) is 0 Å². The summed E-state index contributed by atoms with van der Waals surface area (Å²) in [6, 6.07) is 16.2. The molecule has 0 N–H and O–H groups in total. The molecule has 3 rings (SSSR count). The van der Waals surface area contributed by atoms with Gasteiger partial charge in [0, 0.05) is 0 Å². The number of hydrogen-bond acceptors (Lipinski definition) is 4. The third kappa shape index (κ3) is 3.16. The van der Waals surface area contributed by atoms with Crippen LogP contribution in [0.2, 0.25) is 0 Å². The number of ether oxygens (including phenoxy) is 1. The number of nitrogens with zero attached hydrogens (tertiary/aromatic N) is 2. The van der Waals surface area contributed by atoms with Gasteiger partial charge in [0.15, 0.2) is 5.16 Å². The molecule has 1 aromatic heterocycles. The van der Waals surface area contributed by atoms with Crippen LogP contribution in [0.3, 0.4) is 0 Å². The van der Waals surface area contributed by atoms with E-state index >= 15 is 0 Å². The first-order valence-electron chi connectivity index (χ1n) is 6.75. The molecule has 3 aromatic rings. The highest BCUT2D eigenvalue weighted by Crippen LogP contribution is 2.25. The van der Waals surface area contributed by atoms with Crippen LogP contribution < -0.4 is 4.74 Å². The summed E-state index contributed by atoms with van der Waals surface area (Å²) >= 11 is 1.52. The molecule has 0 radical (unpaired) electrons. The molecule has 0 bridgehead atoms. The van der Waals surface area contributed by atoms with Gasteiger partial charge in [0.25, 0.3) is 0 Å². The van der Waals surface area contributed by atoms with Gasteiger partial charge in [-0.05, 0) is 30.9 Å². The van der Waals surface area contributed by atoms with Gasteiger partial charge in [0.05, 0.1) is 10.9 Å². The van der Waals surface area contributed by atoms with Crippen molar-refractivity contribution in [3.8, 4) is 5.88 Å². The van der Waals surface area contributed by atoms with E-state index in [1.807, 2.05) is 36.6 Å². The van der Waals surface area contributed by atoms with E-state index in [1.54, 1.807) is 0 Å². The Labute approximate surface area is 128 Å². The lowest BCUT2D eigenvalue weighted by Crippen LogP contribution is -2.00. The van der Waals surface area contributed by atoms with Gasteiger partial charge in [0.1, 0.15) is 6.61 Å². The first kappa shape index (κ1) is 13.9. The highest BCUT2D eigenvalue weighted by atomic mass is 32.2. The van der Waals surface area contributed by atoms with E-state index < -0.39 is 0 Å². The molecular formula is C17H16N2OS. The van der Waals surface area contributed by atoms with Crippen molar-refractivity contribution in [1.82, 2.24) is 9.97 Å². The smallest absolute Gasteiger partial charge is 0.225 e. The second kappa shape index (κ2) is 6.14. The van der Waals surface area contributed by atoms with Crippen LogP contribution in [0.1, 0.15) is 11.1 Å². The first-order chi connectivity index (χ1) is 10.3. The fourth-order valence-electron chi connectivity index (χ4n) is 2.18. The molecule has 0 amide bonds. The normalized spacial score (nSPS) is 10.8. The van der Waals surface area contributed by atoms with Crippen LogP contribution in [-0.4, -0.2) is 16.2 Å². The standard InChI is InChI=1S/C17H16N2OS/c1-12-6-5-7-13(10-12)11-20-16-14-8-3-4-9-15(14)18-17(19-16)21-2/h3-10H,11H2,1-2H3. The number of aryl methyl sites for hydroxylation is 1. The second-order valence-electron chi connectivity index (χ2n) is 4.81. The lowest BCUT2D eigenvalue weighted by atomic mass is 10.1. The Morgan fingerprint density at radius 3 is 2.71 bits per heavy atom. The summed E-state index contributed by atoms with van der Waals surface area (Å²) in [6.45, 7) is 2.59. The lowest BCUT2D eigenvalue weighted by Gasteiger charge is -2.09. The highest BCUT2D eigenvalue weighted by Gasteiger charge is 2.08. The van der Waals surface area contributed by atoms with Crippen molar-refractivity contribution in [2.24, 2.45) is 0 Å². The minimum absolute atomic E-state index is 0.510. The molecule has 0 aliphatic rings. The molecule has 21 heavy (non-hydrogen) atoms. The topological polar surface area (TPSA) is 35.0 Å². The van der Waals surface area contributed by atoms with Crippen molar-refractivity contribution < 1.29 is 4.74 Å². The molecule has 4 heteroatoms. The molecule has 0 aliphatic heterocycles. The molecule has 0 spiro atoms. The zero-order valence-corrected chi connectivity index (χ0v) is 12.9. The van der Waals surface area contributed by atoms with Crippen molar-refractivity contribution in [2.45, 2.75) is 18.7 Å². The number of thioether (sulfide) groups is 1. The minimum atomic E-state index is 0.510. The van der Waals surface area contributed by atoms with Gasteiger partial charge in [-0.15, -0.1) is 0 Å². The molecule has 1 heterocycles. The predicted octanol–water partition coefficient (Wildman–Crippen LogP) is 4.24. The quantitative estimate of drug-likeness (QED) is 0.533. The number of aromatic nitrogens is 2. The molecule has 106 valence electrons. The SMILES string of the molecule is CSc1nc(OCc2cccc(C)c2)c2ccccc2n1. The first-order valence-corrected chi connectivity index (χ1v) is 7.98. The van der Waals surface area contributed by atoms with Crippen LogP contribution in [0.4, 0.5) is 0 Å². The maximum atomic E-state index is 5.94. The molecule has 0 fully saturated rings. The summed E-state index contributed by atoms with van der Waals surface area (Å²) in [6.07, 6.45) is 1.97. The highest BCUT2D eigenvalue weighted by molar-refractivity contribution is 7.98. The fourth-order valence-corrected chi connectivity index (χ4v) is 2.55. The molecule has 0 atom stereocenters. The predicted molar refractivity (Wildman–Crippen MR) is 86.8 cm³/mol. The molecule has 0 saturated carbocycles. The Bertz CT molecular complexity index is 774. The zero-order chi connectivity index (χ0) is 14.7. The van der Waals surface area contributed by atoms with Crippen molar-refractivity contribution >= 4 is 22.7 Å². The molecule has 0 aliphatic carbocycles. The monoisotopic (exact) mass is 296 g/mol. The van der Waals surface area contributed by atoms with E-state index in [0.717, 1.165) is 21.6 Å². The average molecular weight is 296 g/mol. The maximum absolute atomic E-state index is 5.94. The van der Waals surface area contributed by atoms with Crippen LogP contribution >= 0.6 is 11.8 Å². The van der Waals surface area contributed by atoms with Gasteiger partial charge in [0.2, 0.25) is 5.88 Å². The summed E-state index contributed by atoms with van der Waals surface area (Å²) in [5.41, 5.74) is 3.29. The Morgan fingerprint density at radius 1 is 1.05 bits per heavy atom. The fraction of sp³-hybridized carbons (Fsp3) is 0.176. The van der Waals surface area contributed by atoms with Crippen molar-refractivity contribution in [1.29, 1.82) is 0 Å². The van der Waals surface area contributed by atoms with E-state index in [4.69, 9.17) is 4.74 Å². The summed E-state index contributed by atoms with van der Waals surface area (Å²) in [4.78, 5) is 8.98. The summed E-state index contributed by atoms with van der Waals surface area (Å²) in [7, 11) is 0. The molecule has 0 saturated heterocycles. The lowest BCUT2D eigenvalue weighted by molar-refractivity contribution is 0.295. The third-order valence-electron chi connectivity index (χ3n) is 3.19. The number of hydrogen-bond donors (Lipinski definition) is 0. The minimum Gasteiger partial charge on any atom is -0.472 e. The van der Waals surface area contributed by atoms with Crippen LogP contribution in [0, 0.1) is 6.92 Å². The third-order valence-corrected chi connectivity index (χ3v) is 3.74. The Hall–Kier alpha value is -2.07. The van der Waals surface area contributed by atoms with E-state index in [2.05, 4.69) is 35.1 Å². The van der Waals surface area contributed by atoms with Gasteiger partial charge in [-0.25, -0.2) is 4.98 Å². The van der Waals surface area contributed by atoms with Gasteiger partial charge in [-0.2, -0.15) is 4.98 Å². The Morgan fingerprint density at radius 2 is 1.90 bits per heavy atom. The van der Waals surface area contributed by atoms with Crippen molar-refractivity contribution in [2.75, 3.05) is 6.26 Å². The van der Waals surface area contributed by atoms with Gasteiger partial charge < -0.3 is 4.74 Å². The summed E-state index contributed by atoms with van der Waals surface area (Å²) in [5.74, 6) is 0.645. The van der Waals surface area contributed by atoms with E-state index in [9.17, 15) is 0 Å². The molecule has 0 unspecified atom stereocenters. The zero-order valence-electron chi connectivity index (χ0n) is 12.0. The number of rotatable bonds is 4. The van der Waals surface area contributed by atoms with Crippen LogP contribution in [0.5, 0.6) is 5.88 Å². The number of benzene rings is 2. The Kier molecular flexibility index (Phi) is 4.06. The summed E-state index contributed by atoms with van der Waals surface area (Å²) < 4.78 is 5.94. The average Bonchev–Trinajstić information content (AvgIpc) is 2.52. The summed E-state index contributed by atoms with van der Waals surface area (Å²) in [5, 5.41) is 1.68. The molecule has 2 aromatic carbocycles. The number of fused-ring (bicyclic) bond motifs is 1. The van der Waals surface area contributed by atoms with Crippen LogP contribution in [-0.2, 0) is 6.61 Å². The Balaban J connectivity index is 1.92. The number of para-hydroxylation sites is 1. The van der Waals surface area contributed by atoms with Crippen LogP contribution in [0.15, 0.2) is 53.7 Å².